The van der Waals surface area contributed by atoms with Crippen LogP contribution < -0.4 is 0 Å². The zero-order chi connectivity index (χ0) is 13.2. The van der Waals surface area contributed by atoms with Crippen LogP contribution >= 0.6 is 15.9 Å². The van der Waals surface area contributed by atoms with Gasteiger partial charge in [-0.15, -0.1) is 0 Å². The van der Waals surface area contributed by atoms with Gasteiger partial charge < -0.3 is 15.3 Å². The molecule has 0 fully saturated rings. The molecule has 2 unspecified atom stereocenters. The molecule has 0 aromatic heterocycles. The van der Waals surface area contributed by atoms with Crippen molar-refractivity contribution in [2.45, 2.75) is 32.5 Å². The molecule has 0 saturated heterocycles. The monoisotopic (exact) mass is 302 g/mol. The Morgan fingerprint density at radius 3 is 2.18 bits per heavy atom. The number of aliphatic hydroxyl groups excluding tert-OH is 2. The van der Waals surface area contributed by atoms with Gasteiger partial charge in [0.05, 0.1) is 12.5 Å². The fourth-order valence-electron chi connectivity index (χ4n) is 1.87. The summed E-state index contributed by atoms with van der Waals surface area (Å²) in [7, 11) is 0. The molecule has 1 rings (SSSR count). The number of rotatable bonds is 4. The van der Waals surface area contributed by atoms with Crippen molar-refractivity contribution in [3.8, 4) is 0 Å². The molecule has 0 bridgehead atoms. The minimum absolute atomic E-state index is 0.476. The molecule has 0 heterocycles. The molecule has 0 aliphatic carbocycles. The predicted octanol–water partition coefficient (Wildman–Crippen LogP) is 1.93. The fourth-order valence-corrected chi connectivity index (χ4v) is 2.56. The first-order valence-corrected chi connectivity index (χ1v) is 5.96. The van der Waals surface area contributed by atoms with Crippen molar-refractivity contribution < 1.29 is 20.1 Å². The SMILES string of the molecule is Cc1cc(Br)cc(C)c1C(O)C(O)CC(=O)O. The van der Waals surface area contributed by atoms with E-state index in [4.69, 9.17) is 5.11 Å². The van der Waals surface area contributed by atoms with E-state index < -0.39 is 24.6 Å². The number of halogens is 1. The van der Waals surface area contributed by atoms with E-state index in [1.807, 2.05) is 26.0 Å². The van der Waals surface area contributed by atoms with Crippen molar-refractivity contribution >= 4 is 21.9 Å². The van der Waals surface area contributed by atoms with E-state index in [0.29, 0.717) is 5.56 Å². The first-order chi connectivity index (χ1) is 7.82. The van der Waals surface area contributed by atoms with Crippen LogP contribution in [0.2, 0.25) is 0 Å². The van der Waals surface area contributed by atoms with Gasteiger partial charge in [0.15, 0.2) is 0 Å². The van der Waals surface area contributed by atoms with E-state index in [-0.39, 0.29) is 0 Å². The highest BCUT2D eigenvalue weighted by Gasteiger charge is 2.24. The summed E-state index contributed by atoms with van der Waals surface area (Å²) in [6.45, 7) is 3.62. The number of aryl methyl sites for hydroxylation is 2. The summed E-state index contributed by atoms with van der Waals surface area (Å²) in [5, 5.41) is 28.2. The molecule has 0 saturated carbocycles. The van der Waals surface area contributed by atoms with E-state index in [0.717, 1.165) is 15.6 Å². The molecule has 1 aromatic carbocycles. The van der Waals surface area contributed by atoms with Gasteiger partial charge >= 0.3 is 5.97 Å². The summed E-state index contributed by atoms with van der Waals surface area (Å²) >= 11 is 3.34. The average Bonchev–Trinajstić information content (AvgIpc) is 2.14. The lowest BCUT2D eigenvalue weighted by Crippen LogP contribution is -2.23. The molecule has 0 aliphatic rings. The van der Waals surface area contributed by atoms with Crippen LogP contribution in [0.15, 0.2) is 16.6 Å². The summed E-state index contributed by atoms with van der Waals surface area (Å²) in [5.74, 6) is -1.14. The third kappa shape index (κ3) is 3.52. The Bertz CT molecular complexity index is 408. The van der Waals surface area contributed by atoms with E-state index >= 15 is 0 Å². The lowest BCUT2D eigenvalue weighted by molar-refractivity contribution is -0.141. The molecule has 0 spiro atoms. The molecule has 94 valence electrons. The molecular formula is C12H15BrO4. The van der Waals surface area contributed by atoms with Gasteiger partial charge in [-0.1, -0.05) is 15.9 Å². The molecule has 17 heavy (non-hydrogen) atoms. The van der Waals surface area contributed by atoms with Gasteiger partial charge in [0.1, 0.15) is 6.10 Å². The van der Waals surface area contributed by atoms with Crippen LogP contribution in [0.5, 0.6) is 0 Å². The number of aliphatic hydroxyl groups is 2. The van der Waals surface area contributed by atoms with Gasteiger partial charge in [0, 0.05) is 4.47 Å². The second-order valence-electron chi connectivity index (χ2n) is 4.06. The van der Waals surface area contributed by atoms with Crippen molar-refractivity contribution in [2.75, 3.05) is 0 Å². The van der Waals surface area contributed by atoms with Gasteiger partial charge in [-0.05, 0) is 42.7 Å². The first-order valence-electron chi connectivity index (χ1n) is 5.17. The molecule has 0 amide bonds. The van der Waals surface area contributed by atoms with Gasteiger partial charge in [-0.3, -0.25) is 4.79 Å². The second kappa shape index (κ2) is 5.62. The van der Waals surface area contributed by atoms with Crippen LogP contribution in [0.25, 0.3) is 0 Å². The molecule has 0 aliphatic heterocycles. The highest BCUT2D eigenvalue weighted by Crippen LogP contribution is 2.28. The zero-order valence-electron chi connectivity index (χ0n) is 9.64. The summed E-state index contributed by atoms with van der Waals surface area (Å²) in [5.41, 5.74) is 2.21. The Balaban J connectivity index is 3.03. The first kappa shape index (κ1) is 14.2. The number of hydrogen-bond donors (Lipinski definition) is 3. The molecule has 1 aromatic rings. The topological polar surface area (TPSA) is 77.8 Å². The van der Waals surface area contributed by atoms with Crippen LogP contribution in [0, 0.1) is 13.8 Å². The number of carbonyl (C=O) groups is 1. The molecule has 5 heteroatoms. The third-order valence-electron chi connectivity index (χ3n) is 2.60. The van der Waals surface area contributed by atoms with Gasteiger partial charge in [0.2, 0.25) is 0 Å². The Hall–Kier alpha value is -0.910. The smallest absolute Gasteiger partial charge is 0.306 e. The van der Waals surface area contributed by atoms with Crippen LogP contribution in [-0.4, -0.2) is 27.4 Å². The number of aliphatic carboxylic acids is 1. The normalized spacial score (nSPS) is 14.4. The maximum Gasteiger partial charge on any atom is 0.306 e. The molecule has 2 atom stereocenters. The van der Waals surface area contributed by atoms with E-state index in [1.165, 1.54) is 0 Å². The quantitative estimate of drug-likeness (QED) is 0.794. The minimum Gasteiger partial charge on any atom is -0.481 e. The number of benzene rings is 1. The average molecular weight is 303 g/mol. The predicted molar refractivity (Wildman–Crippen MR) is 66.8 cm³/mol. The molecule has 3 N–H and O–H groups in total. The summed E-state index contributed by atoms with van der Waals surface area (Å²) in [4.78, 5) is 10.5. The van der Waals surface area contributed by atoms with Gasteiger partial charge in [-0.2, -0.15) is 0 Å². The van der Waals surface area contributed by atoms with Crippen molar-refractivity contribution in [1.29, 1.82) is 0 Å². The van der Waals surface area contributed by atoms with Gasteiger partial charge in [0.25, 0.3) is 0 Å². The summed E-state index contributed by atoms with van der Waals surface area (Å²) in [6.07, 6.45) is -2.96. The Kier molecular flexibility index (Phi) is 4.68. The highest BCUT2D eigenvalue weighted by molar-refractivity contribution is 9.10. The summed E-state index contributed by atoms with van der Waals surface area (Å²) in [6, 6.07) is 3.64. The Morgan fingerprint density at radius 2 is 1.76 bits per heavy atom. The fraction of sp³-hybridized carbons (Fsp3) is 0.417. The lowest BCUT2D eigenvalue weighted by atomic mass is 9.94. The van der Waals surface area contributed by atoms with Crippen LogP contribution in [0.1, 0.15) is 29.2 Å². The van der Waals surface area contributed by atoms with Crippen LogP contribution in [0.3, 0.4) is 0 Å². The summed E-state index contributed by atoms with van der Waals surface area (Å²) < 4.78 is 0.885. The molecule has 0 radical (unpaired) electrons. The number of carboxylic acids is 1. The lowest BCUT2D eigenvalue weighted by Gasteiger charge is -2.21. The van der Waals surface area contributed by atoms with Crippen molar-refractivity contribution in [1.82, 2.24) is 0 Å². The van der Waals surface area contributed by atoms with E-state index in [2.05, 4.69) is 15.9 Å². The standard InChI is InChI=1S/C12H15BrO4/c1-6-3-8(13)4-7(2)11(6)12(17)9(14)5-10(15)16/h3-4,9,12,14,17H,5H2,1-2H3,(H,15,16). The minimum atomic E-state index is -1.30. The van der Waals surface area contributed by atoms with E-state index in [1.54, 1.807) is 0 Å². The van der Waals surface area contributed by atoms with Crippen LogP contribution in [0.4, 0.5) is 0 Å². The van der Waals surface area contributed by atoms with Crippen molar-refractivity contribution in [3.63, 3.8) is 0 Å². The maximum absolute atomic E-state index is 10.5. The molecular weight excluding hydrogens is 288 g/mol. The van der Waals surface area contributed by atoms with Crippen molar-refractivity contribution in [3.05, 3.63) is 33.3 Å². The van der Waals surface area contributed by atoms with Crippen molar-refractivity contribution in [2.24, 2.45) is 0 Å². The van der Waals surface area contributed by atoms with Gasteiger partial charge in [-0.25, -0.2) is 0 Å². The molecule has 4 nitrogen and oxygen atoms in total. The largest absolute Gasteiger partial charge is 0.481 e. The maximum atomic E-state index is 10.5. The number of carboxylic acid groups (broad SMARTS) is 1. The van der Waals surface area contributed by atoms with E-state index in [9.17, 15) is 15.0 Å². The second-order valence-corrected chi connectivity index (χ2v) is 4.98. The Labute approximate surface area is 108 Å². The third-order valence-corrected chi connectivity index (χ3v) is 3.06. The highest BCUT2D eigenvalue weighted by atomic mass is 79.9. The Morgan fingerprint density at radius 1 is 1.29 bits per heavy atom. The number of hydrogen-bond acceptors (Lipinski definition) is 3. The van der Waals surface area contributed by atoms with Crippen LogP contribution in [-0.2, 0) is 4.79 Å². The zero-order valence-corrected chi connectivity index (χ0v) is 11.2.